The SMILES string of the molecule is CN(C)C1(CNC2CC(c3ccccc3Br)C2)CCC1. The van der Waals surface area contributed by atoms with Gasteiger partial charge in [0, 0.05) is 22.6 Å². The van der Waals surface area contributed by atoms with Gasteiger partial charge in [0.05, 0.1) is 0 Å². The minimum absolute atomic E-state index is 0.443. The van der Waals surface area contributed by atoms with Crippen molar-refractivity contribution in [3.05, 3.63) is 34.3 Å². The fourth-order valence-electron chi connectivity index (χ4n) is 3.55. The summed E-state index contributed by atoms with van der Waals surface area (Å²) in [6.45, 7) is 1.16. The van der Waals surface area contributed by atoms with Crippen LogP contribution in [0.25, 0.3) is 0 Å². The van der Waals surface area contributed by atoms with E-state index in [-0.39, 0.29) is 0 Å². The molecular formula is C17H25BrN2. The molecule has 2 saturated carbocycles. The number of hydrogen-bond acceptors (Lipinski definition) is 2. The quantitative estimate of drug-likeness (QED) is 0.880. The van der Waals surface area contributed by atoms with Gasteiger partial charge in [-0.15, -0.1) is 0 Å². The predicted octanol–water partition coefficient (Wildman–Crippen LogP) is 3.77. The van der Waals surface area contributed by atoms with Crippen LogP contribution in [-0.2, 0) is 0 Å². The molecule has 2 aliphatic carbocycles. The Hall–Kier alpha value is -0.380. The Morgan fingerprint density at radius 2 is 1.95 bits per heavy atom. The van der Waals surface area contributed by atoms with E-state index in [0.29, 0.717) is 11.6 Å². The summed E-state index contributed by atoms with van der Waals surface area (Å²) >= 11 is 3.67. The van der Waals surface area contributed by atoms with Crippen LogP contribution < -0.4 is 5.32 Å². The fraction of sp³-hybridized carbons (Fsp3) is 0.647. The second-order valence-corrected chi connectivity index (χ2v) is 7.59. The molecule has 0 radical (unpaired) electrons. The van der Waals surface area contributed by atoms with E-state index in [1.54, 1.807) is 0 Å². The topological polar surface area (TPSA) is 15.3 Å². The third-order valence-corrected chi connectivity index (χ3v) is 6.16. The monoisotopic (exact) mass is 336 g/mol. The molecule has 20 heavy (non-hydrogen) atoms. The molecule has 2 aliphatic rings. The first-order valence-electron chi connectivity index (χ1n) is 7.76. The van der Waals surface area contributed by atoms with E-state index in [0.717, 1.165) is 12.5 Å². The molecule has 0 heterocycles. The molecule has 3 heteroatoms. The van der Waals surface area contributed by atoms with E-state index in [9.17, 15) is 0 Å². The lowest BCUT2D eigenvalue weighted by Crippen LogP contribution is -2.58. The second kappa shape index (κ2) is 5.78. The summed E-state index contributed by atoms with van der Waals surface area (Å²) in [6.07, 6.45) is 6.67. The van der Waals surface area contributed by atoms with Gasteiger partial charge in [0.1, 0.15) is 0 Å². The third kappa shape index (κ3) is 2.68. The lowest BCUT2D eigenvalue weighted by molar-refractivity contribution is 0.0524. The Balaban J connectivity index is 1.48. The van der Waals surface area contributed by atoms with E-state index in [4.69, 9.17) is 0 Å². The lowest BCUT2D eigenvalue weighted by Gasteiger charge is -2.49. The molecule has 0 saturated heterocycles. The molecule has 1 N–H and O–H groups in total. The molecule has 1 aromatic carbocycles. The van der Waals surface area contributed by atoms with Gasteiger partial charge in [-0.25, -0.2) is 0 Å². The normalized spacial score (nSPS) is 28.0. The van der Waals surface area contributed by atoms with Crippen LogP contribution in [0.5, 0.6) is 0 Å². The van der Waals surface area contributed by atoms with Gasteiger partial charge in [0.2, 0.25) is 0 Å². The molecule has 2 nitrogen and oxygen atoms in total. The van der Waals surface area contributed by atoms with E-state index < -0.39 is 0 Å². The average molecular weight is 337 g/mol. The van der Waals surface area contributed by atoms with Gasteiger partial charge >= 0.3 is 0 Å². The van der Waals surface area contributed by atoms with E-state index in [1.807, 2.05) is 0 Å². The van der Waals surface area contributed by atoms with Crippen LogP contribution in [0.15, 0.2) is 28.7 Å². The average Bonchev–Trinajstić information content (AvgIpc) is 2.31. The van der Waals surface area contributed by atoms with Gasteiger partial charge in [-0.3, -0.25) is 0 Å². The Bertz CT molecular complexity index is 462. The minimum atomic E-state index is 0.443. The van der Waals surface area contributed by atoms with Gasteiger partial charge in [-0.1, -0.05) is 34.1 Å². The van der Waals surface area contributed by atoms with Gasteiger partial charge in [0.15, 0.2) is 0 Å². The second-order valence-electron chi connectivity index (χ2n) is 6.74. The number of benzene rings is 1. The van der Waals surface area contributed by atoms with Gasteiger partial charge in [-0.2, -0.15) is 0 Å². The number of halogens is 1. The van der Waals surface area contributed by atoms with Crippen LogP contribution in [0, 0.1) is 0 Å². The molecule has 0 bridgehead atoms. The maximum atomic E-state index is 3.81. The van der Waals surface area contributed by atoms with Crippen molar-refractivity contribution in [3.63, 3.8) is 0 Å². The summed E-state index contributed by atoms with van der Waals surface area (Å²) in [5, 5.41) is 3.81. The van der Waals surface area contributed by atoms with Crippen LogP contribution >= 0.6 is 15.9 Å². The molecule has 0 atom stereocenters. The molecule has 3 rings (SSSR count). The van der Waals surface area contributed by atoms with Crippen LogP contribution in [0.1, 0.15) is 43.6 Å². The van der Waals surface area contributed by atoms with Gasteiger partial charge in [-0.05, 0) is 63.7 Å². The van der Waals surface area contributed by atoms with Crippen molar-refractivity contribution in [2.45, 2.75) is 49.6 Å². The highest BCUT2D eigenvalue weighted by Gasteiger charge is 2.40. The highest BCUT2D eigenvalue weighted by atomic mass is 79.9. The molecule has 0 aliphatic heterocycles. The van der Waals surface area contributed by atoms with Crippen molar-refractivity contribution in [2.24, 2.45) is 0 Å². The lowest BCUT2D eigenvalue weighted by atomic mass is 9.73. The first-order valence-corrected chi connectivity index (χ1v) is 8.55. The number of nitrogens with one attached hydrogen (secondary N) is 1. The Labute approximate surface area is 131 Å². The van der Waals surface area contributed by atoms with E-state index in [2.05, 4.69) is 64.5 Å². The van der Waals surface area contributed by atoms with Crippen molar-refractivity contribution >= 4 is 15.9 Å². The smallest absolute Gasteiger partial charge is 0.0328 e. The zero-order chi connectivity index (χ0) is 14.2. The fourth-order valence-corrected chi connectivity index (χ4v) is 4.15. The highest BCUT2D eigenvalue weighted by molar-refractivity contribution is 9.10. The van der Waals surface area contributed by atoms with Gasteiger partial charge in [0.25, 0.3) is 0 Å². The Morgan fingerprint density at radius 1 is 1.25 bits per heavy atom. The van der Waals surface area contributed by atoms with E-state index >= 15 is 0 Å². The van der Waals surface area contributed by atoms with Crippen LogP contribution in [-0.4, -0.2) is 37.1 Å². The van der Waals surface area contributed by atoms with Crippen molar-refractivity contribution in [2.75, 3.05) is 20.6 Å². The van der Waals surface area contributed by atoms with Crippen LogP contribution in [0.4, 0.5) is 0 Å². The molecule has 0 amide bonds. The molecule has 0 spiro atoms. The summed E-state index contributed by atoms with van der Waals surface area (Å²) in [7, 11) is 4.46. The van der Waals surface area contributed by atoms with Crippen molar-refractivity contribution in [3.8, 4) is 0 Å². The first kappa shape index (κ1) is 14.6. The summed E-state index contributed by atoms with van der Waals surface area (Å²) < 4.78 is 1.27. The first-order chi connectivity index (χ1) is 9.61. The molecule has 2 fully saturated rings. The summed E-state index contributed by atoms with van der Waals surface area (Å²) in [6, 6.07) is 9.38. The van der Waals surface area contributed by atoms with Crippen LogP contribution in [0.3, 0.4) is 0 Å². The number of rotatable bonds is 5. The van der Waals surface area contributed by atoms with Crippen molar-refractivity contribution in [1.82, 2.24) is 10.2 Å². The highest BCUT2D eigenvalue weighted by Crippen LogP contribution is 2.41. The molecule has 1 aromatic rings. The summed E-state index contributed by atoms with van der Waals surface area (Å²) in [5.74, 6) is 0.736. The van der Waals surface area contributed by atoms with Gasteiger partial charge < -0.3 is 10.2 Å². The molecular weight excluding hydrogens is 312 g/mol. The number of hydrogen-bond donors (Lipinski definition) is 1. The number of likely N-dealkylation sites (N-methyl/N-ethyl adjacent to an activating group) is 1. The standard InChI is InChI=1S/C17H25BrN2/c1-20(2)17(8-5-9-17)12-19-14-10-13(11-14)15-6-3-4-7-16(15)18/h3-4,6-7,13-14,19H,5,8-12H2,1-2H3. The third-order valence-electron chi connectivity index (χ3n) is 5.44. The van der Waals surface area contributed by atoms with Crippen molar-refractivity contribution in [1.29, 1.82) is 0 Å². The minimum Gasteiger partial charge on any atom is -0.312 e. The zero-order valence-corrected chi connectivity index (χ0v) is 14.1. The molecule has 0 aromatic heterocycles. The predicted molar refractivity (Wildman–Crippen MR) is 88.2 cm³/mol. The number of nitrogens with zero attached hydrogens (tertiary/aromatic N) is 1. The van der Waals surface area contributed by atoms with Crippen LogP contribution in [0.2, 0.25) is 0 Å². The summed E-state index contributed by atoms with van der Waals surface area (Å²) in [5.41, 5.74) is 1.93. The van der Waals surface area contributed by atoms with Crippen molar-refractivity contribution < 1.29 is 0 Å². The summed E-state index contributed by atoms with van der Waals surface area (Å²) in [4.78, 5) is 2.42. The molecule has 110 valence electrons. The van der Waals surface area contributed by atoms with E-state index in [1.165, 1.54) is 42.1 Å². The maximum absolute atomic E-state index is 3.81. The zero-order valence-electron chi connectivity index (χ0n) is 12.5. The Morgan fingerprint density at radius 3 is 2.50 bits per heavy atom. The maximum Gasteiger partial charge on any atom is 0.0328 e. The largest absolute Gasteiger partial charge is 0.312 e. The Kier molecular flexibility index (Phi) is 4.21. The molecule has 0 unspecified atom stereocenters.